The van der Waals surface area contributed by atoms with Gasteiger partial charge in [-0.05, 0) is 32.0 Å². The molecule has 5 heteroatoms. The van der Waals surface area contributed by atoms with E-state index in [2.05, 4.69) is 15.2 Å². The number of nitrogens with zero attached hydrogens (tertiary/aromatic N) is 2. The first kappa shape index (κ1) is 14.2. The standard InChI is InChI=1S/C14H18ClN3S/c1-9-14(19-10(2)17-9)8-16-12-7-11(15)5-6-13(12)18(3)4/h5-7,16H,8H2,1-4H3. The van der Waals surface area contributed by atoms with Crippen molar-refractivity contribution in [2.75, 3.05) is 24.3 Å². The van der Waals surface area contributed by atoms with Gasteiger partial charge in [0.2, 0.25) is 0 Å². The van der Waals surface area contributed by atoms with Crippen molar-refractivity contribution >= 4 is 34.3 Å². The topological polar surface area (TPSA) is 28.2 Å². The minimum absolute atomic E-state index is 0.741. The number of aromatic nitrogens is 1. The van der Waals surface area contributed by atoms with E-state index in [0.29, 0.717) is 0 Å². The van der Waals surface area contributed by atoms with Crippen LogP contribution in [-0.4, -0.2) is 19.1 Å². The van der Waals surface area contributed by atoms with Gasteiger partial charge in [0.05, 0.1) is 28.6 Å². The molecule has 2 rings (SSSR count). The van der Waals surface area contributed by atoms with Gasteiger partial charge in [-0.2, -0.15) is 0 Å². The fourth-order valence-electron chi connectivity index (χ4n) is 1.95. The maximum Gasteiger partial charge on any atom is 0.0900 e. The summed E-state index contributed by atoms with van der Waals surface area (Å²) in [7, 11) is 4.05. The molecule has 1 heterocycles. The minimum Gasteiger partial charge on any atom is -0.378 e. The molecule has 0 radical (unpaired) electrons. The van der Waals surface area contributed by atoms with Crippen LogP contribution < -0.4 is 10.2 Å². The van der Waals surface area contributed by atoms with Gasteiger partial charge in [-0.3, -0.25) is 0 Å². The highest BCUT2D eigenvalue weighted by Crippen LogP contribution is 2.29. The largest absolute Gasteiger partial charge is 0.378 e. The van der Waals surface area contributed by atoms with Gasteiger partial charge in [-0.15, -0.1) is 11.3 Å². The molecular formula is C14H18ClN3S. The Morgan fingerprint density at radius 1 is 1.32 bits per heavy atom. The number of hydrogen-bond acceptors (Lipinski definition) is 4. The molecule has 0 saturated carbocycles. The van der Waals surface area contributed by atoms with Crippen LogP contribution in [0.1, 0.15) is 15.6 Å². The van der Waals surface area contributed by atoms with E-state index in [9.17, 15) is 0 Å². The number of aryl methyl sites for hydroxylation is 2. The lowest BCUT2D eigenvalue weighted by Crippen LogP contribution is -2.12. The highest BCUT2D eigenvalue weighted by Gasteiger charge is 2.08. The maximum atomic E-state index is 6.07. The lowest BCUT2D eigenvalue weighted by atomic mass is 10.2. The van der Waals surface area contributed by atoms with Crippen molar-refractivity contribution in [1.82, 2.24) is 4.98 Å². The molecule has 19 heavy (non-hydrogen) atoms. The second-order valence-electron chi connectivity index (χ2n) is 4.65. The van der Waals surface area contributed by atoms with Gasteiger partial charge >= 0.3 is 0 Å². The molecule has 2 aromatic rings. The molecule has 0 aliphatic heterocycles. The molecule has 0 atom stereocenters. The van der Waals surface area contributed by atoms with Crippen molar-refractivity contribution in [2.45, 2.75) is 20.4 Å². The quantitative estimate of drug-likeness (QED) is 0.921. The molecule has 0 amide bonds. The minimum atomic E-state index is 0.741. The molecule has 1 N–H and O–H groups in total. The van der Waals surface area contributed by atoms with Gasteiger partial charge in [0.15, 0.2) is 0 Å². The summed E-state index contributed by atoms with van der Waals surface area (Å²) in [5.41, 5.74) is 3.27. The Bertz CT molecular complexity index is 578. The Balaban J connectivity index is 2.19. The number of thiazole rings is 1. The molecule has 0 saturated heterocycles. The lowest BCUT2D eigenvalue weighted by molar-refractivity contribution is 1.09. The van der Waals surface area contributed by atoms with Crippen LogP contribution in [0, 0.1) is 13.8 Å². The third kappa shape index (κ3) is 3.39. The number of nitrogens with one attached hydrogen (secondary N) is 1. The summed E-state index contributed by atoms with van der Waals surface area (Å²) in [5.74, 6) is 0. The monoisotopic (exact) mass is 295 g/mol. The van der Waals surface area contributed by atoms with Crippen LogP contribution in [0.15, 0.2) is 18.2 Å². The molecule has 0 aliphatic rings. The van der Waals surface area contributed by atoms with Crippen LogP contribution in [0.25, 0.3) is 0 Å². The first-order valence-electron chi connectivity index (χ1n) is 6.11. The molecule has 0 fully saturated rings. The molecule has 0 aliphatic carbocycles. The van der Waals surface area contributed by atoms with Crippen molar-refractivity contribution in [2.24, 2.45) is 0 Å². The summed E-state index contributed by atoms with van der Waals surface area (Å²) in [4.78, 5) is 7.78. The third-order valence-electron chi connectivity index (χ3n) is 2.88. The first-order valence-corrected chi connectivity index (χ1v) is 7.30. The van der Waals surface area contributed by atoms with Crippen LogP contribution in [-0.2, 0) is 6.54 Å². The van der Waals surface area contributed by atoms with Gasteiger partial charge in [0.1, 0.15) is 0 Å². The number of hydrogen-bond donors (Lipinski definition) is 1. The van der Waals surface area contributed by atoms with Crippen LogP contribution in [0.4, 0.5) is 11.4 Å². The molecule has 3 nitrogen and oxygen atoms in total. The summed E-state index contributed by atoms with van der Waals surface area (Å²) in [6, 6.07) is 5.89. The molecule has 0 bridgehead atoms. The zero-order valence-corrected chi connectivity index (χ0v) is 13.2. The fourth-order valence-corrected chi connectivity index (χ4v) is 3.00. The van der Waals surface area contributed by atoms with E-state index in [0.717, 1.165) is 33.6 Å². The number of rotatable bonds is 4. The average molecular weight is 296 g/mol. The predicted molar refractivity (Wildman–Crippen MR) is 84.7 cm³/mol. The van der Waals surface area contributed by atoms with E-state index >= 15 is 0 Å². The van der Waals surface area contributed by atoms with Crippen LogP contribution in [0.3, 0.4) is 0 Å². The highest BCUT2D eigenvalue weighted by atomic mass is 35.5. The Kier molecular flexibility index (Phi) is 4.32. The Morgan fingerprint density at radius 3 is 2.63 bits per heavy atom. The third-order valence-corrected chi connectivity index (χ3v) is 4.19. The molecule has 102 valence electrons. The van der Waals surface area contributed by atoms with Crippen molar-refractivity contribution < 1.29 is 0 Å². The van der Waals surface area contributed by atoms with Crippen molar-refractivity contribution in [3.05, 3.63) is 38.8 Å². The highest BCUT2D eigenvalue weighted by molar-refractivity contribution is 7.11. The maximum absolute atomic E-state index is 6.07. The zero-order valence-electron chi connectivity index (χ0n) is 11.6. The van der Waals surface area contributed by atoms with Gasteiger partial charge in [-0.1, -0.05) is 11.6 Å². The Labute approximate surface area is 123 Å². The van der Waals surface area contributed by atoms with E-state index in [1.165, 1.54) is 4.88 Å². The SMILES string of the molecule is Cc1nc(C)c(CNc2cc(Cl)ccc2N(C)C)s1. The van der Waals surface area contributed by atoms with Gasteiger partial charge < -0.3 is 10.2 Å². The van der Waals surface area contributed by atoms with Crippen molar-refractivity contribution in [1.29, 1.82) is 0 Å². The molecule has 1 aromatic heterocycles. The Morgan fingerprint density at radius 2 is 2.05 bits per heavy atom. The normalized spacial score (nSPS) is 10.6. The number of anilines is 2. The van der Waals surface area contributed by atoms with E-state index in [1.54, 1.807) is 11.3 Å². The lowest BCUT2D eigenvalue weighted by Gasteiger charge is -2.18. The van der Waals surface area contributed by atoms with E-state index in [-0.39, 0.29) is 0 Å². The van der Waals surface area contributed by atoms with Crippen LogP contribution in [0.5, 0.6) is 0 Å². The van der Waals surface area contributed by atoms with E-state index in [4.69, 9.17) is 11.6 Å². The molecule has 0 unspecified atom stereocenters. The Hall–Kier alpha value is -1.26. The van der Waals surface area contributed by atoms with Crippen molar-refractivity contribution in [3.8, 4) is 0 Å². The van der Waals surface area contributed by atoms with E-state index < -0.39 is 0 Å². The second kappa shape index (κ2) is 5.80. The van der Waals surface area contributed by atoms with Gasteiger partial charge in [-0.25, -0.2) is 4.98 Å². The van der Waals surface area contributed by atoms with Gasteiger partial charge in [0, 0.05) is 24.0 Å². The summed E-state index contributed by atoms with van der Waals surface area (Å²) in [6.07, 6.45) is 0. The van der Waals surface area contributed by atoms with Crippen LogP contribution in [0.2, 0.25) is 5.02 Å². The fraction of sp³-hybridized carbons (Fsp3) is 0.357. The van der Waals surface area contributed by atoms with Crippen LogP contribution >= 0.6 is 22.9 Å². The summed E-state index contributed by atoms with van der Waals surface area (Å²) >= 11 is 7.80. The number of benzene rings is 1. The summed E-state index contributed by atoms with van der Waals surface area (Å²) < 4.78 is 0. The van der Waals surface area contributed by atoms with Gasteiger partial charge in [0.25, 0.3) is 0 Å². The predicted octanol–water partition coefficient (Wildman–Crippen LogP) is 4.09. The summed E-state index contributed by atoms with van der Waals surface area (Å²) in [6.45, 7) is 4.86. The molecule has 1 aromatic carbocycles. The smallest absolute Gasteiger partial charge is 0.0900 e. The number of halogens is 1. The van der Waals surface area contributed by atoms with Crippen molar-refractivity contribution in [3.63, 3.8) is 0 Å². The zero-order chi connectivity index (χ0) is 14.0. The molecular weight excluding hydrogens is 278 g/mol. The molecule has 0 spiro atoms. The van der Waals surface area contributed by atoms with E-state index in [1.807, 2.05) is 46.1 Å². The average Bonchev–Trinajstić information content (AvgIpc) is 2.65. The first-order chi connectivity index (χ1) is 8.97. The second-order valence-corrected chi connectivity index (χ2v) is 6.38. The summed E-state index contributed by atoms with van der Waals surface area (Å²) in [5, 5.41) is 5.30.